The molecule has 202 valence electrons. The van der Waals surface area contributed by atoms with Crippen LogP contribution in [0.1, 0.15) is 35.5 Å². The predicted octanol–water partition coefficient (Wildman–Crippen LogP) is 7.60. The highest BCUT2D eigenvalue weighted by atomic mass is 79.9. The summed E-state index contributed by atoms with van der Waals surface area (Å²) >= 11 is 3.49. The lowest BCUT2D eigenvalue weighted by molar-refractivity contribution is 0.190. The summed E-state index contributed by atoms with van der Waals surface area (Å²) in [5.41, 5.74) is 5.00. The van der Waals surface area contributed by atoms with Crippen molar-refractivity contribution >= 4 is 38.6 Å². The third kappa shape index (κ3) is 5.70. The molecule has 1 unspecified atom stereocenters. The number of carbonyl (C=O) groups excluding carboxylic acids is 1. The van der Waals surface area contributed by atoms with Gasteiger partial charge in [-0.25, -0.2) is 9.78 Å². The molecule has 1 aromatic heterocycles. The van der Waals surface area contributed by atoms with Crippen molar-refractivity contribution in [3.8, 4) is 5.69 Å². The van der Waals surface area contributed by atoms with E-state index >= 15 is 0 Å². The van der Waals surface area contributed by atoms with Crippen molar-refractivity contribution < 1.29 is 4.79 Å². The summed E-state index contributed by atoms with van der Waals surface area (Å²) in [6, 6.07) is 30.1. The molecule has 1 N–H and O–H groups in total. The van der Waals surface area contributed by atoms with E-state index in [-0.39, 0.29) is 11.6 Å². The Labute approximate surface area is 242 Å². The first-order valence-corrected chi connectivity index (χ1v) is 14.1. The van der Waals surface area contributed by atoms with Crippen LogP contribution in [0, 0.1) is 13.8 Å². The van der Waals surface area contributed by atoms with E-state index in [1.807, 2.05) is 99.6 Å². The van der Waals surface area contributed by atoms with Crippen LogP contribution < -0.4 is 10.9 Å². The molecule has 0 saturated carbocycles. The molecule has 7 heteroatoms. The van der Waals surface area contributed by atoms with Crippen molar-refractivity contribution in [3.63, 3.8) is 0 Å². The van der Waals surface area contributed by atoms with E-state index in [1.54, 1.807) is 15.5 Å². The predicted molar refractivity (Wildman–Crippen MR) is 165 cm³/mol. The summed E-state index contributed by atoms with van der Waals surface area (Å²) in [5, 5.41) is 3.67. The van der Waals surface area contributed by atoms with Crippen LogP contribution in [0.4, 0.5) is 10.5 Å². The number of amides is 2. The maximum atomic E-state index is 14.0. The number of nitrogens with one attached hydrogen (secondary N) is 1. The van der Waals surface area contributed by atoms with Crippen LogP contribution in [0.3, 0.4) is 0 Å². The Hall–Kier alpha value is -4.23. The fourth-order valence-electron chi connectivity index (χ4n) is 4.96. The first-order chi connectivity index (χ1) is 19.3. The van der Waals surface area contributed by atoms with E-state index in [1.165, 1.54) is 0 Å². The van der Waals surface area contributed by atoms with E-state index in [0.717, 1.165) is 26.9 Å². The number of hydrogen-bond acceptors (Lipinski definition) is 3. The summed E-state index contributed by atoms with van der Waals surface area (Å²) in [7, 11) is 0. The first-order valence-electron chi connectivity index (χ1n) is 13.3. The van der Waals surface area contributed by atoms with Gasteiger partial charge in [0.25, 0.3) is 5.56 Å². The van der Waals surface area contributed by atoms with E-state index in [4.69, 9.17) is 4.98 Å². The molecule has 0 aliphatic carbocycles. The number of rotatable bonds is 7. The monoisotopic (exact) mass is 594 g/mol. The van der Waals surface area contributed by atoms with Crippen molar-refractivity contribution in [2.75, 3.05) is 11.9 Å². The van der Waals surface area contributed by atoms with Crippen molar-refractivity contribution in [3.05, 3.63) is 134 Å². The van der Waals surface area contributed by atoms with E-state index in [9.17, 15) is 9.59 Å². The minimum Gasteiger partial charge on any atom is -0.314 e. The highest BCUT2D eigenvalue weighted by molar-refractivity contribution is 9.10. The molecule has 4 aromatic carbocycles. The summed E-state index contributed by atoms with van der Waals surface area (Å²) < 4.78 is 2.53. The molecule has 6 nitrogen and oxygen atoms in total. The Bertz CT molecular complexity index is 1700. The fourth-order valence-corrected chi connectivity index (χ4v) is 5.23. The lowest BCUT2D eigenvalue weighted by Crippen LogP contribution is -2.41. The number of fused-ring (bicyclic) bond motifs is 1. The van der Waals surface area contributed by atoms with Gasteiger partial charge in [0.2, 0.25) is 0 Å². The van der Waals surface area contributed by atoms with Crippen LogP contribution in [-0.2, 0) is 6.42 Å². The Kier molecular flexibility index (Phi) is 8.12. The second-order valence-corrected chi connectivity index (χ2v) is 10.8. The van der Waals surface area contributed by atoms with Crippen molar-refractivity contribution in [1.82, 2.24) is 14.5 Å². The molecule has 2 amide bonds. The van der Waals surface area contributed by atoms with E-state index < -0.39 is 6.04 Å². The molecule has 5 aromatic rings. The Balaban J connectivity index is 1.62. The minimum absolute atomic E-state index is 0.173. The topological polar surface area (TPSA) is 67.2 Å². The normalized spacial score (nSPS) is 11.8. The smallest absolute Gasteiger partial charge is 0.314 e. The zero-order valence-corrected chi connectivity index (χ0v) is 24.4. The minimum atomic E-state index is -0.519. The van der Waals surface area contributed by atoms with Gasteiger partial charge in [0.15, 0.2) is 0 Å². The third-order valence-electron chi connectivity index (χ3n) is 7.19. The third-order valence-corrected chi connectivity index (χ3v) is 7.71. The lowest BCUT2D eigenvalue weighted by atomic mass is 10.1. The maximum Gasteiger partial charge on any atom is 0.322 e. The molecule has 0 fully saturated rings. The van der Waals surface area contributed by atoms with Gasteiger partial charge in [-0.05, 0) is 80.3 Å². The zero-order valence-electron chi connectivity index (χ0n) is 22.8. The molecule has 1 atom stereocenters. The average Bonchev–Trinajstić information content (AvgIpc) is 2.96. The number of anilines is 1. The van der Waals surface area contributed by atoms with Gasteiger partial charge in [0.05, 0.1) is 22.6 Å². The van der Waals surface area contributed by atoms with Crippen molar-refractivity contribution in [1.29, 1.82) is 0 Å². The highest BCUT2D eigenvalue weighted by Gasteiger charge is 2.27. The standard InChI is InChI=1S/C33H31BrN4O2/c1-22-10-9-11-23(2)30(22)36-33(40)37(21-20-25-12-5-4-6-13-25)24(3)31-35-29-15-8-7-14-28(29)32(39)38(31)27-18-16-26(34)17-19-27/h4-19,24H,20-21H2,1-3H3,(H,36,40). The largest absolute Gasteiger partial charge is 0.322 e. The number of carbonyl (C=O) groups is 1. The fraction of sp³-hybridized carbons (Fsp3) is 0.182. The quantitative estimate of drug-likeness (QED) is 0.211. The molecule has 0 aliphatic heterocycles. The number of halogens is 1. The van der Waals surface area contributed by atoms with Crippen LogP contribution >= 0.6 is 15.9 Å². The SMILES string of the molecule is Cc1cccc(C)c1NC(=O)N(CCc1ccccc1)C(C)c1nc2ccccc2c(=O)n1-c1ccc(Br)cc1. The van der Waals surface area contributed by atoms with E-state index in [0.29, 0.717) is 35.4 Å². The summed E-state index contributed by atoms with van der Waals surface area (Å²) in [4.78, 5) is 34.6. The lowest BCUT2D eigenvalue weighted by Gasteiger charge is -2.31. The zero-order chi connectivity index (χ0) is 28.2. The molecule has 0 spiro atoms. The molecule has 0 saturated heterocycles. The average molecular weight is 596 g/mol. The first kappa shape index (κ1) is 27.3. The van der Waals surface area contributed by atoms with Gasteiger partial charge < -0.3 is 10.2 Å². The molecule has 0 aliphatic rings. The molecule has 5 rings (SSSR count). The van der Waals surface area contributed by atoms with Crippen LogP contribution in [0.25, 0.3) is 16.6 Å². The van der Waals surface area contributed by atoms with Crippen LogP contribution in [0.5, 0.6) is 0 Å². The number of para-hydroxylation sites is 2. The van der Waals surface area contributed by atoms with Gasteiger partial charge in [-0.3, -0.25) is 9.36 Å². The van der Waals surface area contributed by atoms with Gasteiger partial charge in [0.1, 0.15) is 5.82 Å². The molecule has 40 heavy (non-hydrogen) atoms. The van der Waals surface area contributed by atoms with Gasteiger partial charge in [-0.2, -0.15) is 0 Å². The molecule has 0 radical (unpaired) electrons. The second kappa shape index (κ2) is 11.9. The Morgan fingerprint density at radius 1 is 0.900 bits per heavy atom. The maximum absolute atomic E-state index is 14.0. The molecule has 0 bridgehead atoms. The molecular weight excluding hydrogens is 564 g/mol. The van der Waals surface area contributed by atoms with E-state index in [2.05, 4.69) is 33.4 Å². The number of hydrogen-bond donors (Lipinski definition) is 1. The second-order valence-electron chi connectivity index (χ2n) is 9.91. The summed E-state index contributed by atoms with van der Waals surface area (Å²) in [6.45, 7) is 6.33. The summed E-state index contributed by atoms with van der Waals surface area (Å²) in [6.07, 6.45) is 0.654. The Morgan fingerprint density at radius 2 is 1.55 bits per heavy atom. The number of urea groups is 1. The highest BCUT2D eigenvalue weighted by Crippen LogP contribution is 2.26. The number of aryl methyl sites for hydroxylation is 2. The van der Waals surface area contributed by atoms with Gasteiger partial charge in [-0.15, -0.1) is 0 Å². The van der Waals surface area contributed by atoms with Crippen LogP contribution in [0.15, 0.2) is 106 Å². The van der Waals surface area contributed by atoms with Crippen LogP contribution in [-0.4, -0.2) is 27.0 Å². The summed E-state index contributed by atoms with van der Waals surface area (Å²) in [5.74, 6) is 0.496. The number of aromatic nitrogens is 2. The molecular formula is C33H31BrN4O2. The van der Waals surface area contributed by atoms with Gasteiger partial charge in [-0.1, -0.05) is 76.6 Å². The van der Waals surface area contributed by atoms with Gasteiger partial charge >= 0.3 is 6.03 Å². The van der Waals surface area contributed by atoms with Crippen LogP contribution in [0.2, 0.25) is 0 Å². The number of nitrogens with zero attached hydrogens (tertiary/aromatic N) is 3. The van der Waals surface area contributed by atoms with Crippen molar-refractivity contribution in [2.24, 2.45) is 0 Å². The number of benzene rings is 4. The van der Waals surface area contributed by atoms with Gasteiger partial charge in [0, 0.05) is 16.7 Å². The Morgan fingerprint density at radius 3 is 2.25 bits per heavy atom. The van der Waals surface area contributed by atoms with Crippen molar-refractivity contribution in [2.45, 2.75) is 33.2 Å². The molecule has 1 heterocycles.